The van der Waals surface area contributed by atoms with Gasteiger partial charge in [0.2, 0.25) is 0 Å². The summed E-state index contributed by atoms with van der Waals surface area (Å²) in [6, 6.07) is 6.16. The molecule has 98 valence electrons. The van der Waals surface area contributed by atoms with E-state index in [1.807, 2.05) is 0 Å². The highest BCUT2D eigenvalue weighted by Crippen LogP contribution is 2.17. The summed E-state index contributed by atoms with van der Waals surface area (Å²) in [4.78, 5) is 21.6. The number of aldehydes is 1. The Morgan fingerprint density at radius 3 is 2.44 bits per heavy atom. The van der Waals surface area contributed by atoms with Crippen molar-refractivity contribution in [1.82, 2.24) is 0 Å². The van der Waals surface area contributed by atoms with Crippen LogP contribution in [0.4, 0.5) is 5.69 Å². The van der Waals surface area contributed by atoms with Crippen molar-refractivity contribution in [1.29, 1.82) is 0 Å². The van der Waals surface area contributed by atoms with Crippen molar-refractivity contribution >= 4 is 17.9 Å². The molecule has 0 aliphatic rings. The molecule has 6 nitrogen and oxygen atoms in total. The van der Waals surface area contributed by atoms with Crippen LogP contribution in [0.1, 0.15) is 17.3 Å². The van der Waals surface area contributed by atoms with E-state index in [2.05, 4.69) is 10.1 Å². The minimum absolute atomic E-state index is 0.452. The van der Waals surface area contributed by atoms with E-state index < -0.39 is 17.8 Å². The van der Waals surface area contributed by atoms with Gasteiger partial charge in [0.25, 0.3) is 0 Å². The Kier molecular flexibility index (Phi) is 4.41. The van der Waals surface area contributed by atoms with E-state index in [0.717, 1.165) is 7.11 Å². The van der Waals surface area contributed by atoms with Crippen LogP contribution in [0.5, 0.6) is 0 Å². The number of hydrogen-bond donors (Lipinski definition) is 3. The van der Waals surface area contributed by atoms with Crippen LogP contribution in [0.15, 0.2) is 24.3 Å². The standard InChI is InChI=1S/C12H15NO5/c1-12(17,10(15)11(16)18-2)13-9-5-3-8(7-14)4-6-9/h3-7,10,13,15,17H,1-2H3. The highest BCUT2D eigenvalue weighted by molar-refractivity contribution is 5.77. The number of aliphatic hydroxyl groups is 2. The van der Waals surface area contributed by atoms with Gasteiger partial charge in [0, 0.05) is 11.3 Å². The molecule has 0 heterocycles. The van der Waals surface area contributed by atoms with Crippen molar-refractivity contribution < 1.29 is 24.5 Å². The zero-order valence-corrected chi connectivity index (χ0v) is 10.1. The summed E-state index contributed by atoms with van der Waals surface area (Å²) in [6.45, 7) is 1.24. The lowest BCUT2D eigenvalue weighted by Gasteiger charge is -2.29. The smallest absolute Gasteiger partial charge is 0.339 e. The number of benzene rings is 1. The predicted octanol–water partition coefficient (Wildman–Crippen LogP) is 0.153. The van der Waals surface area contributed by atoms with Crippen molar-refractivity contribution in [3.63, 3.8) is 0 Å². The molecular weight excluding hydrogens is 238 g/mol. The van der Waals surface area contributed by atoms with Crippen LogP contribution >= 0.6 is 0 Å². The minimum Gasteiger partial charge on any atom is -0.467 e. The Morgan fingerprint density at radius 2 is 2.00 bits per heavy atom. The van der Waals surface area contributed by atoms with Gasteiger partial charge < -0.3 is 20.3 Å². The quantitative estimate of drug-likeness (QED) is 0.393. The van der Waals surface area contributed by atoms with Crippen molar-refractivity contribution in [2.45, 2.75) is 18.8 Å². The fourth-order valence-electron chi connectivity index (χ4n) is 1.35. The second kappa shape index (κ2) is 5.61. The molecule has 1 rings (SSSR count). The number of hydrogen-bond acceptors (Lipinski definition) is 6. The summed E-state index contributed by atoms with van der Waals surface area (Å²) in [5.74, 6) is -0.947. The Balaban J connectivity index is 2.80. The first-order valence-corrected chi connectivity index (χ1v) is 5.22. The lowest BCUT2D eigenvalue weighted by molar-refractivity contribution is -0.162. The van der Waals surface area contributed by atoms with E-state index in [1.54, 1.807) is 12.1 Å². The Hall–Kier alpha value is -1.92. The van der Waals surface area contributed by atoms with Crippen LogP contribution in [0.25, 0.3) is 0 Å². The molecule has 0 aromatic heterocycles. The molecule has 0 saturated heterocycles. The molecule has 0 aliphatic carbocycles. The van der Waals surface area contributed by atoms with Crippen molar-refractivity contribution in [3.8, 4) is 0 Å². The Labute approximate surface area is 104 Å². The van der Waals surface area contributed by atoms with Gasteiger partial charge in [0.1, 0.15) is 6.29 Å². The topological polar surface area (TPSA) is 95.9 Å². The van der Waals surface area contributed by atoms with Gasteiger partial charge in [0.05, 0.1) is 7.11 Å². The number of methoxy groups -OCH3 is 1. The third-order valence-electron chi connectivity index (χ3n) is 2.40. The van der Waals surface area contributed by atoms with E-state index in [-0.39, 0.29) is 0 Å². The normalized spacial score (nSPS) is 15.3. The SMILES string of the molecule is COC(=O)C(O)C(C)(O)Nc1ccc(C=O)cc1. The fourth-order valence-corrected chi connectivity index (χ4v) is 1.35. The second-order valence-corrected chi connectivity index (χ2v) is 3.94. The molecule has 0 radical (unpaired) electrons. The van der Waals surface area contributed by atoms with Crippen LogP contribution in [-0.4, -0.2) is 41.4 Å². The maximum atomic E-state index is 11.1. The number of aliphatic hydroxyl groups excluding tert-OH is 1. The summed E-state index contributed by atoms with van der Waals surface area (Å²) in [5, 5.41) is 22.1. The van der Waals surface area contributed by atoms with E-state index in [4.69, 9.17) is 0 Å². The van der Waals surface area contributed by atoms with Crippen LogP contribution in [-0.2, 0) is 9.53 Å². The van der Waals surface area contributed by atoms with Gasteiger partial charge >= 0.3 is 5.97 Å². The van der Waals surface area contributed by atoms with E-state index in [9.17, 15) is 19.8 Å². The van der Waals surface area contributed by atoms with Gasteiger partial charge in [-0.2, -0.15) is 0 Å². The number of nitrogens with one attached hydrogen (secondary N) is 1. The Morgan fingerprint density at radius 1 is 1.44 bits per heavy atom. The lowest BCUT2D eigenvalue weighted by atomic mass is 10.1. The average Bonchev–Trinajstić information content (AvgIpc) is 2.37. The first-order chi connectivity index (χ1) is 8.40. The molecule has 0 amide bonds. The van der Waals surface area contributed by atoms with Crippen molar-refractivity contribution in [3.05, 3.63) is 29.8 Å². The number of carbonyl (C=O) groups is 2. The highest BCUT2D eigenvalue weighted by atomic mass is 16.5. The van der Waals surface area contributed by atoms with Crippen LogP contribution < -0.4 is 5.32 Å². The molecule has 0 aliphatic heterocycles. The molecule has 1 aromatic carbocycles. The van der Waals surface area contributed by atoms with Gasteiger partial charge in [-0.1, -0.05) is 0 Å². The number of ether oxygens (including phenoxy) is 1. The maximum Gasteiger partial charge on any atom is 0.339 e. The van der Waals surface area contributed by atoms with E-state index in [0.29, 0.717) is 17.5 Å². The van der Waals surface area contributed by atoms with Gasteiger partial charge in [-0.15, -0.1) is 0 Å². The minimum atomic E-state index is -1.88. The van der Waals surface area contributed by atoms with Crippen LogP contribution in [0, 0.1) is 0 Å². The summed E-state index contributed by atoms with van der Waals surface area (Å²) >= 11 is 0. The number of carbonyl (C=O) groups excluding carboxylic acids is 2. The third-order valence-corrected chi connectivity index (χ3v) is 2.40. The fraction of sp³-hybridized carbons (Fsp3) is 0.333. The molecule has 0 saturated carbocycles. The average molecular weight is 253 g/mol. The Bertz CT molecular complexity index is 427. The zero-order valence-electron chi connectivity index (χ0n) is 10.1. The second-order valence-electron chi connectivity index (χ2n) is 3.94. The number of anilines is 1. The van der Waals surface area contributed by atoms with E-state index >= 15 is 0 Å². The van der Waals surface area contributed by atoms with E-state index in [1.165, 1.54) is 19.1 Å². The lowest BCUT2D eigenvalue weighted by Crippen LogP contribution is -2.51. The predicted molar refractivity (Wildman–Crippen MR) is 64.1 cm³/mol. The van der Waals surface area contributed by atoms with Gasteiger partial charge in [-0.05, 0) is 31.2 Å². The molecule has 0 fully saturated rings. The van der Waals surface area contributed by atoms with Gasteiger partial charge in [0.15, 0.2) is 11.8 Å². The summed E-state index contributed by atoms with van der Waals surface area (Å²) < 4.78 is 4.34. The first-order valence-electron chi connectivity index (χ1n) is 5.22. The zero-order chi connectivity index (χ0) is 13.8. The third kappa shape index (κ3) is 3.28. The van der Waals surface area contributed by atoms with Gasteiger partial charge in [-0.3, -0.25) is 4.79 Å². The largest absolute Gasteiger partial charge is 0.467 e. The van der Waals surface area contributed by atoms with Gasteiger partial charge in [-0.25, -0.2) is 4.79 Å². The van der Waals surface area contributed by atoms with Crippen molar-refractivity contribution in [2.24, 2.45) is 0 Å². The summed E-state index contributed by atoms with van der Waals surface area (Å²) in [5.41, 5.74) is -0.947. The molecule has 1 aromatic rings. The van der Waals surface area contributed by atoms with Crippen molar-refractivity contribution in [2.75, 3.05) is 12.4 Å². The molecule has 6 heteroatoms. The highest BCUT2D eigenvalue weighted by Gasteiger charge is 2.36. The molecular formula is C12H15NO5. The maximum absolute atomic E-state index is 11.1. The molecule has 2 atom stereocenters. The number of rotatable bonds is 5. The summed E-state index contributed by atoms with van der Waals surface area (Å²) in [7, 11) is 1.11. The number of esters is 1. The van der Waals surface area contributed by atoms with Crippen LogP contribution in [0.3, 0.4) is 0 Å². The molecule has 2 unspecified atom stereocenters. The molecule has 0 spiro atoms. The molecule has 18 heavy (non-hydrogen) atoms. The molecule has 3 N–H and O–H groups in total. The monoisotopic (exact) mass is 253 g/mol. The molecule has 0 bridgehead atoms. The summed E-state index contributed by atoms with van der Waals surface area (Å²) in [6.07, 6.45) is -1.04. The first kappa shape index (κ1) is 14.1. The van der Waals surface area contributed by atoms with Crippen LogP contribution in [0.2, 0.25) is 0 Å².